The first-order chi connectivity index (χ1) is 8.19. The van der Waals surface area contributed by atoms with E-state index in [9.17, 15) is 9.50 Å². The Bertz CT molecular complexity index is 313. The zero-order valence-electron chi connectivity index (χ0n) is 11.2. The van der Waals surface area contributed by atoms with Crippen molar-refractivity contribution in [2.75, 3.05) is 6.61 Å². The van der Waals surface area contributed by atoms with E-state index in [-0.39, 0.29) is 12.4 Å². The summed E-state index contributed by atoms with van der Waals surface area (Å²) in [5.74, 6) is 0.256. The van der Waals surface area contributed by atoms with Gasteiger partial charge in [-0.2, -0.15) is 0 Å². The van der Waals surface area contributed by atoms with E-state index >= 15 is 0 Å². The molecule has 0 bridgehead atoms. The number of benzene rings is 1. The molecule has 1 aromatic rings. The Morgan fingerprint density at radius 2 is 1.94 bits per heavy atom. The third kappa shape index (κ3) is 5.18. The summed E-state index contributed by atoms with van der Waals surface area (Å²) in [5, 5.41) is 9.19. The van der Waals surface area contributed by atoms with Crippen LogP contribution >= 0.6 is 0 Å². The van der Waals surface area contributed by atoms with Crippen LogP contribution in [0.25, 0.3) is 0 Å². The number of ether oxygens (including phenoxy) is 1. The van der Waals surface area contributed by atoms with E-state index in [1.165, 1.54) is 12.5 Å². The first kappa shape index (κ1) is 15.9. The van der Waals surface area contributed by atoms with Crippen molar-refractivity contribution in [3.63, 3.8) is 0 Å². The molecule has 1 aliphatic rings. The van der Waals surface area contributed by atoms with Crippen molar-refractivity contribution in [2.24, 2.45) is 0 Å². The van der Waals surface area contributed by atoms with Gasteiger partial charge in [0, 0.05) is 12.0 Å². The van der Waals surface area contributed by atoms with Crippen molar-refractivity contribution < 1.29 is 14.2 Å². The molecule has 1 atom stereocenters. The number of aliphatic hydroxyl groups excluding tert-OH is 1. The van der Waals surface area contributed by atoms with E-state index in [1.807, 2.05) is 13.8 Å². The normalized spacial score (nSPS) is 16.5. The fourth-order valence-electron chi connectivity index (χ4n) is 1.35. The maximum atomic E-state index is 13.1. The molecule has 1 aliphatic heterocycles. The van der Waals surface area contributed by atoms with Gasteiger partial charge in [-0.25, -0.2) is 4.39 Å². The Labute approximate surface area is 103 Å². The van der Waals surface area contributed by atoms with Crippen LogP contribution in [0.5, 0.6) is 5.75 Å². The van der Waals surface area contributed by atoms with Gasteiger partial charge >= 0.3 is 0 Å². The lowest BCUT2D eigenvalue weighted by Gasteiger charge is -2.21. The predicted octanol–water partition coefficient (Wildman–Crippen LogP) is 3.56. The molecule has 0 saturated carbocycles. The molecule has 17 heavy (non-hydrogen) atoms. The highest BCUT2D eigenvalue weighted by Gasteiger charge is 2.19. The van der Waals surface area contributed by atoms with Gasteiger partial charge in [-0.15, -0.1) is 0 Å². The molecule has 98 valence electrons. The molecule has 0 radical (unpaired) electrons. The van der Waals surface area contributed by atoms with Crippen molar-refractivity contribution >= 4 is 0 Å². The van der Waals surface area contributed by atoms with Crippen molar-refractivity contribution in [3.05, 3.63) is 29.6 Å². The Balaban J connectivity index is 0.000000450. The smallest absolute Gasteiger partial charge is 0.130 e. The minimum Gasteiger partial charge on any atom is -0.490 e. The molecule has 0 saturated heterocycles. The fourth-order valence-corrected chi connectivity index (χ4v) is 1.35. The summed E-state index contributed by atoms with van der Waals surface area (Å²) in [7, 11) is 0. The largest absolute Gasteiger partial charge is 0.490 e. The summed E-state index contributed by atoms with van der Waals surface area (Å²) in [6.45, 7) is 8.51. The number of aliphatic hydroxyl groups is 1. The molecular formula is C14H23FO2. The summed E-state index contributed by atoms with van der Waals surface area (Å²) in [4.78, 5) is 0. The molecule has 1 N–H and O–H groups in total. The van der Waals surface area contributed by atoms with Crippen LogP contribution in [-0.2, 0) is 6.42 Å². The van der Waals surface area contributed by atoms with Crippen molar-refractivity contribution in [2.45, 2.75) is 46.6 Å². The first-order valence-corrected chi connectivity index (χ1v) is 6.27. The van der Waals surface area contributed by atoms with Crippen LogP contribution in [0.2, 0.25) is 0 Å². The molecule has 1 aromatic carbocycles. The Morgan fingerprint density at radius 3 is 2.53 bits per heavy atom. The van der Waals surface area contributed by atoms with Crippen molar-refractivity contribution in [1.82, 2.24) is 0 Å². The average Bonchev–Trinajstić information content (AvgIpc) is 2.34. The summed E-state index contributed by atoms with van der Waals surface area (Å²) in [6, 6.07) is 4.69. The van der Waals surface area contributed by atoms with Gasteiger partial charge < -0.3 is 9.84 Å². The molecule has 3 heteroatoms. The maximum absolute atomic E-state index is 13.1. The molecule has 0 aromatic heterocycles. The number of hydrogen-bond donors (Lipinski definition) is 1. The van der Waals surface area contributed by atoms with Gasteiger partial charge in [0.2, 0.25) is 0 Å². The summed E-state index contributed by atoms with van der Waals surface area (Å²) in [5.41, 5.74) is 0.483. The Hall–Kier alpha value is -1.09. The zero-order chi connectivity index (χ0) is 13.3. The summed E-state index contributed by atoms with van der Waals surface area (Å²) >= 11 is 0. The van der Waals surface area contributed by atoms with Crippen LogP contribution in [0, 0.1) is 5.82 Å². The van der Waals surface area contributed by atoms with Gasteiger partial charge in [-0.3, -0.25) is 0 Å². The van der Waals surface area contributed by atoms with E-state index in [2.05, 4.69) is 13.8 Å². The molecule has 0 spiro atoms. The second-order valence-corrected chi connectivity index (χ2v) is 3.59. The minimum absolute atomic E-state index is 0.260. The van der Waals surface area contributed by atoms with E-state index in [4.69, 9.17) is 4.74 Å². The van der Waals surface area contributed by atoms with E-state index in [1.54, 1.807) is 12.1 Å². The second-order valence-electron chi connectivity index (χ2n) is 3.59. The van der Waals surface area contributed by atoms with Gasteiger partial charge in [0.25, 0.3) is 0 Å². The number of halogens is 1. The number of rotatable bonds is 0. The number of hydrogen-bond acceptors (Lipinski definition) is 2. The third-order valence-corrected chi connectivity index (χ3v) is 1.95. The van der Waals surface area contributed by atoms with Crippen LogP contribution in [0.15, 0.2) is 18.2 Å². The zero-order valence-corrected chi connectivity index (χ0v) is 11.2. The quantitative estimate of drug-likeness (QED) is 0.753. The van der Waals surface area contributed by atoms with Crippen LogP contribution in [0.1, 0.15) is 39.7 Å². The molecular weight excluding hydrogens is 219 g/mol. The Kier molecular flexibility index (Phi) is 8.42. The number of fused-ring (bicyclic) bond motifs is 1. The molecule has 2 nitrogen and oxygen atoms in total. The Morgan fingerprint density at radius 1 is 1.35 bits per heavy atom. The van der Waals surface area contributed by atoms with E-state index < -0.39 is 6.10 Å². The lowest BCUT2D eigenvalue weighted by molar-refractivity contribution is 0.0904. The van der Waals surface area contributed by atoms with Crippen LogP contribution in [0.3, 0.4) is 0 Å². The monoisotopic (exact) mass is 242 g/mol. The topological polar surface area (TPSA) is 29.5 Å². The first-order valence-electron chi connectivity index (χ1n) is 6.27. The SMILES string of the molecule is CC.CCC.OC1COc2cccc(F)c2C1. The predicted molar refractivity (Wildman–Crippen MR) is 68.9 cm³/mol. The molecule has 0 amide bonds. The molecule has 1 heterocycles. The highest BCUT2D eigenvalue weighted by Crippen LogP contribution is 2.26. The van der Waals surface area contributed by atoms with Gasteiger partial charge in [0.15, 0.2) is 0 Å². The van der Waals surface area contributed by atoms with Gasteiger partial charge in [-0.1, -0.05) is 40.2 Å². The second kappa shape index (κ2) is 8.99. The fraction of sp³-hybridized carbons (Fsp3) is 0.571. The lowest BCUT2D eigenvalue weighted by Crippen LogP contribution is -2.26. The highest BCUT2D eigenvalue weighted by atomic mass is 19.1. The van der Waals surface area contributed by atoms with Crippen molar-refractivity contribution in [1.29, 1.82) is 0 Å². The van der Waals surface area contributed by atoms with Crippen LogP contribution < -0.4 is 4.74 Å². The minimum atomic E-state index is -0.575. The third-order valence-electron chi connectivity index (χ3n) is 1.95. The van der Waals surface area contributed by atoms with Crippen LogP contribution in [-0.4, -0.2) is 17.8 Å². The van der Waals surface area contributed by atoms with E-state index in [0.29, 0.717) is 17.7 Å². The van der Waals surface area contributed by atoms with Gasteiger partial charge in [-0.05, 0) is 12.1 Å². The molecule has 1 unspecified atom stereocenters. The summed E-state index contributed by atoms with van der Waals surface area (Å²) in [6.07, 6.45) is 1.02. The van der Waals surface area contributed by atoms with Crippen LogP contribution in [0.4, 0.5) is 4.39 Å². The maximum Gasteiger partial charge on any atom is 0.130 e. The van der Waals surface area contributed by atoms with Gasteiger partial charge in [0.05, 0.1) is 6.10 Å². The summed E-state index contributed by atoms with van der Waals surface area (Å²) < 4.78 is 18.2. The standard InChI is InChI=1S/C9H9FO2.C3H8.C2H6/c10-8-2-1-3-9-7(8)4-6(11)5-12-9;1-3-2;1-2/h1-3,6,11H,4-5H2;3H2,1-2H3;1-2H3. The molecule has 2 rings (SSSR count). The molecule has 0 fully saturated rings. The van der Waals surface area contributed by atoms with Crippen molar-refractivity contribution in [3.8, 4) is 5.75 Å². The lowest BCUT2D eigenvalue weighted by atomic mass is 10.0. The van der Waals surface area contributed by atoms with E-state index in [0.717, 1.165) is 0 Å². The highest BCUT2D eigenvalue weighted by molar-refractivity contribution is 5.36. The molecule has 0 aliphatic carbocycles. The van der Waals surface area contributed by atoms with Gasteiger partial charge in [0.1, 0.15) is 18.2 Å². The average molecular weight is 242 g/mol.